The smallest absolute Gasteiger partial charge is 0.267 e. The topological polar surface area (TPSA) is 88.4 Å². The lowest BCUT2D eigenvalue weighted by atomic mass is 10.1. The van der Waals surface area contributed by atoms with Crippen LogP contribution in [-0.4, -0.2) is 33.6 Å². The van der Waals surface area contributed by atoms with E-state index in [2.05, 4.69) is 20.8 Å². The van der Waals surface area contributed by atoms with Crippen LogP contribution in [0.1, 0.15) is 12.8 Å². The number of nitrogens with one attached hydrogen (secondary N) is 2. The minimum absolute atomic E-state index is 0.153. The van der Waals surface area contributed by atoms with E-state index in [4.69, 9.17) is 0 Å². The number of aromatic nitrogens is 2. The molecule has 0 saturated carbocycles. The van der Waals surface area contributed by atoms with Gasteiger partial charge in [0.15, 0.2) is 0 Å². The van der Waals surface area contributed by atoms with Gasteiger partial charge in [-0.25, -0.2) is 10.4 Å². The third-order valence-corrected chi connectivity index (χ3v) is 2.38. The Morgan fingerprint density at radius 2 is 2.41 bits per heavy atom. The Bertz CT molecular complexity index is 438. The molecule has 2 rings (SSSR count). The van der Waals surface area contributed by atoms with Crippen molar-refractivity contribution in [3.05, 3.63) is 18.7 Å². The van der Waals surface area contributed by atoms with Crippen molar-refractivity contribution in [1.82, 2.24) is 20.3 Å². The van der Waals surface area contributed by atoms with E-state index in [0.29, 0.717) is 31.6 Å². The molecule has 0 unspecified atom stereocenters. The second-order valence-corrected chi connectivity index (χ2v) is 3.65. The molecule has 0 saturated heterocycles. The molecule has 1 aliphatic rings. The minimum atomic E-state index is -0.231. The van der Waals surface area contributed by atoms with Gasteiger partial charge >= 0.3 is 0 Å². The van der Waals surface area contributed by atoms with Crippen LogP contribution < -0.4 is 10.7 Å². The zero-order valence-corrected chi connectivity index (χ0v) is 9.22. The van der Waals surface area contributed by atoms with E-state index in [0.717, 1.165) is 0 Å². The fourth-order valence-corrected chi connectivity index (χ4v) is 1.46. The summed E-state index contributed by atoms with van der Waals surface area (Å²) in [6, 6.07) is 0. The molecule has 0 aliphatic carbocycles. The zero-order chi connectivity index (χ0) is 12.1. The van der Waals surface area contributed by atoms with Crippen molar-refractivity contribution < 1.29 is 9.59 Å². The summed E-state index contributed by atoms with van der Waals surface area (Å²) in [6.07, 6.45) is 5.90. The zero-order valence-electron chi connectivity index (χ0n) is 9.22. The van der Waals surface area contributed by atoms with Gasteiger partial charge in [0.2, 0.25) is 5.91 Å². The van der Waals surface area contributed by atoms with E-state index in [-0.39, 0.29) is 11.8 Å². The third kappa shape index (κ3) is 3.13. The van der Waals surface area contributed by atoms with Crippen LogP contribution in [0.5, 0.6) is 0 Å². The number of imidazole rings is 1. The average Bonchev–Trinajstić information content (AvgIpc) is 2.83. The van der Waals surface area contributed by atoms with Crippen molar-refractivity contribution in [2.24, 2.45) is 5.10 Å². The highest BCUT2D eigenvalue weighted by Crippen LogP contribution is 1.99. The third-order valence-electron chi connectivity index (χ3n) is 2.38. The fourth-order valence-electron chi connectivity index (χ4n) is 1.46. The standard InChI is InChI=1S/C10H13N5O2/c16-9-2-1-8(13-14-9)10(17)12-4-6-15-5-3-11-7-15/h3,5,7H,1-2,4,6H2,(H,12,17)(H,14,16). The lowest BCUT2D eigenvalue weighted by Gasteiger charge is -2.11. The van der Waals surface area contributed by atoms with Crippen LogP contribution in [0, 0.1) is 0 Å². The minimum Gasteiger partial charge on any atom is -0.349 e. The van der Waals surface area contributed by atoms with E-state index in [1.807, 2.05) is 10.8 Å². The van der Waals surface area contributed by atoms with Crippen molar-refractivity contribution in [3.63, 3.8) is 0 Å². The largest absolute Gasteiger partial charge is 0.349 e. The van der Waals surface area contributed by atoms with E-state index in [9.17, 15) is 9.59 Å². The maximum Gasteiger partial charge on any atom is 0.267 e. The van der Waals surface area contributed by atoms with E-state index in [1.54, 1.807) is 12.5 Å². The summed E-state index contributed by atoms with van der Waals surface area (Å²) in [5.41, 5.74) is 2.66. The van der Waals surface area contributed by atoms with Crippen molar-refractivity contribution in [3.8, 4) is 0 Å². The number of amides is 2. The number of carbonyl (C=O) groups excluding carboxylic acids is 2. The van der Waals surface area contributed by atoms with Gasteiger partial charge in [-0.05, 0) is 0 Å². The quantitative estimate of drug-likeness (QED) is 0.720. The Morgan fingerprint density at radius 3 is 3.06 bits per heavy atom. The van der Waals surface area contributed by atoms with Gasteiger partial charge in [-0.1, -0.05) is 0 Å². The van der Waals surface area contributed by atoms with Crippen molar-refractivity contribution in [2.75, 3.05) is 6.54 Å². The highest BCUT2D eigenvalue weighted by atomic mass is 16.2. The summed E-state index contributed by atoms with van der Waals surface area (Å²) >= 11 is 0. The Hall–Kier alpha value is -2.18. The van der Waals surface area contributed by atoms with Crippen LogP contribution >= 0.6 is 0 Å². The maximum atomic E-state index is 11.6. The van der Waals surface area contributed by atoms with Gasteiger partial charge in [-0.2, -0.15) is 5.10 Å². The molecule has 1 aromatic rings. The highest BCUT2D eigenvalue weighted by Gasteiger charge is 2.17. The Morgan fingerprint density at radius 1 is 1.53 bits per heavy atom. The molecular formula is C10H13N5O2. The molecule has 7 heteroatoms. The first-order chi connectivity index (χ1) is 8.25. The molecule has 17 heavy (non-hydrogen) atoms. The van der Waals surface area contributed by atoms with Crippen LogP contribution in [0.3, 0.4) is 0 Å². The first kappa shape index (κ1) is 11.3. The second-order valence-electron chi connectivity index (χ2n) is 3.65. The molecule has 2 amide bonds. The van der Waals surface area contributed by atoms with Gasteiger partial charge in [-0.3, -0.25) is 9.59 Å². The number of hydrogen-bond acceptors (Lipinski definition) is 4. The van der Waals surface area contributed by atoms with Gasteiger partial charge in [0.25, 0.3) is 5.91 Å². The molecule has 2 heterocycles. The molecule has 90 valence electrons. The summed E-state index contributed by atoms with van der Waals surface area (Å²) in [5, 5.41) is 6.45. The lowest BCUT2D eigenvalue weighted by molar-refractivity contribution is -0.121. The van der Waals surface area contributed by atoms with Gasteiger partial charge in [0.05, 0.1) is 6.33 Å². The van der Waals surface area contributed by atoms with Crippen molar-refractivity contribution in [2.45, 2.75) is 19.4 Å². The molecule has 1 aliphatic heterocycles. The van der Waals surface area contributed by atoms with Gasteiger partial charge < -0.3 is 9.88 Å². The first-order valence-electron chi connectivity index (χ1n) is 5.35. The maximum absolute atomic E-state index is 11.6. The molecule has 0 fully saturated rings. The molecule has 0 atom stereocenters. The predicted molar refractivity (Wildman–Crippen MR) is 60.0 cm³/mol. The second kappa shape index (κ2) is 5.24. The molecule has 0 radical (unpaired) electrons. The molecule has 0 bridgehead atoms. The van der Waals surface area contributed by atoms with E-state index < -0.39 is 0 Å². The Labute approximate surface area is 97.9 Å². The number of nitrogens with zero attached hydrogens (tertiary/aromatic N) is 3. The summed E-state index contributed by atoms with van der Waals surface area (Å²) in [4.78, 5) is 26.4. The number of carbonyl (C=O) groups is 2. The van der Waals surface area contributed by atoms with Gasteiger partial charge in [0.1, 0.15) is 5.71 Å². The molecular weight excluding hydrogens is 222 g/mol. The number of rotatable bonds is 4. The van der Waals surface area contributed by atoms with Gasteiger partial charge in [0, 0.05) is 38.3 Å². The van der Waals surface area contributed by atoms with Crippen LogP contribution in [-0.2, 0) is 16.1 Å². The molecule has 2 N–H and O–H groups in total. The predicted octanol–water partition coefficient (Wildman–Crippen LogP) is -0.735. The van der Waals surface area contributed by atoms with E-state index in [1.165, 1.54) is 0 Å². The summed E-state index contributed by atoms with van der Waals surface area (Å²) in [7, 11) is 0. The monoisotopic (exact) mass is 235 g/mol. The van der Waals surface area contributed by atoms with Crippen LogP contribution in [0.2, 0.25) is 0 Å². The van der Waals surface area contributed by atoms with E-state index >= 15 is 0 Å². The summed E-state index contributed by atoms with van der Waals surface area (Å²) < 4.78 is 1.87. The SMILES string of the molecule is O=C1CCC(C(=O)NCCn2ccnc2)=NN1. The van der Waals surface area contributed by atoms with Gasteiger partial charge in [-0.15, -0.1) is 0 Å². The summed E-state index contributed by atoms with van der Waals surface area (Å²) in [5.74, 6) is -0.384. The Balaban J connectivity index is 1.76. The van der Waals surface area contributed by atoms with Crippen LogP contribution in [0.4, 0.5) is 0 Å². The normalized spacial score (nSPS) is 15.1. The first-order valence-corrected chi connectivity index (χ1v) is 5.35. The number of hydrogen-bond donors (Lipinski definition) is 2. The highest BCUT2D eigenvalue weighted by molar-refractivity contribution is 6.39. The van der Waals surface area contributed by atoms with Crippen molar-refractivity contribution in [1.29, 1.82) is 0 Å². The molecule has 1 aromatic heterocycles. The fraction of sp³-hybridized carbons (Fsp3) is 0.400. The Kier molecular flexibility index (Phi) is 3.49. The molecule has 7 nitrogen and oxygen atoms in total. The summed E-state index contributed by atoms with van der Waals surface area (Å²) in [6.45, 7) is 1.16. The number of hydrazone groups is 1. The van der Waals surface area contributed by atoms with Crippen molar-refractivity contribution >= 4 is 17.5 Å². The average molecular weight is 235 g/mol. The molecule has 0 aromatic carbocycles. The lowest BCUT2D eigenvalue weighted by Crippen LogP contribution is -2.38. The van der Waals surface area contributed by atoms with Crippen LogP contribution in [0.25, 0.3) is 0 Å². The van der Waals surface area contributed by atoms with Crippen LogP contribution in [0.15, 0.2) is 23.8 Å². The molecule has 0 spiro atoms.